The Balaban J connectivity index is 2.21. The normalized spacial score (nSPS) is 15.2. The predicted octanol–water partition coefficient (Wildman–Crippen LogP) is 4.45. The average Bonchev–Trinajstić information content (AvgIpc) is 2.47. The van der Waals surface area contributed by atoms with E-state index >= 15 is 0 Å². The van der Waals surface area contributed by atoms with E-state index in [4.69, 9.17) is 9.47 Å². The van der Waals surface area contributed by atoms with Crippen LogP contribution in [0.1, 0.15) is 51.1 Å². The highest BCUT2D eigenvalue weighted by Gasteiger charge is 2.19. The van der Waals surface area contributed by atoms with Crippen LogP contribution in [0.15, 0.2) is 16.6 Å². The first kappa shape index (κ1) is 15.6. The van der Waals surface area contributed by atoms with Gasteiger partial charge in [0, 0.05) is 10.5 Å². The number of hydrogen-bond acceptors (Lipinski definition) is 3. The van der Waals surface area contributed by atoms with Gasteiger partial charge in [-0.3, -0.25) is 0 Å². The van der Waals surface area contributed by atoms with Crippen molar-refractivity contribution in [2.75, 3.05) is 19.8 Å². The van der Waals surface area contributed by atoms with Gasteiger partial charge in [0.15, 0.2) is 11.5 Å². The van der Waals surface area contributed by atoms with Crippen LogP contribution in [0.3, 0.4) is 0 Å². The van der Waals surface area contributed by atoms with Crippen LogP contribution in [0.5, 0.6) is 11.5 Å². The van der Waals surface area contributed by atoms with Crippen LogP contribution in [-0.2, 0) is 0 Å². The highest BCUT2D eigenvalue weighted by Crippen LogP contribution is 2.38. The van der Waals surface area contributed by atoms with Crippen LogP contribution in [0, 0.1) is 0 Å². The summed E-state index contributed by atoms with van der Waals surface area (Å²) in [6.07, 6.45) is 4.73. The molecule has 1 atom stereocenters. The van der Waals surface area contributed by atoms with Gasteiger partial charge in [0.1, 0.15) is 13.2 Å². The molecule has 0 fully saturated rings. The summed E-state index contributed by atoms with van der Waals surface area (Å²) in [7, 11) is 0. The minimum absolute atomic E-state index is 0.375. The molecule has 20 heavy (non-hydrogen) atoms. The molecule has 0 aromatic heterocycles. The molecule has 1 aliphatic heterocycles. The second-order valence-corrected chi connectivity index (χ2v) is 6.02. The third-order valence-corrected chi connectivity index (χ3v) is 4.21. The van der Waals surface area contributed by atoms with Gasteiger partial charge < -0.3 is 14.8 Å². The van der Waals surface area contributed by atoms with E-state index in [0.29, 0.717) is 19.3 Å². The number of benzene rings is 1. The Morgan fingerprint density at radius 1 is 1.15 bits per heavy atom. The third-order valence-electron chi connectivity index (χ3n) is 3.52. The monoisotopic (exact) mass is 341 g/mol. The molecule has 112 valence electrons. The third kappa shape index (κ3) is 3.89. The van der Waals surface area contributed by atoms with Crippen LogP contribution in [0.2, 0.25) is 0 Å². The van der Waals surface area contributed by atoms with E-state index in [2.05, 4.69) is 41.2 Å². The summed E-state index contributed by atoms with van der Waals surface area (Å²) in [6, 6.07) is 4.54. The van der Waals surface area contributed by atoms with E-state index in [-0.39, 0.29) is 0 Å². The number of rotatable bonds is 7. The average molecular weight is 342 g/mol. The maximum Gasteiger partial charge on any atom is 0.162 e. The maximum absolute atomic E-state index is 5.70. The molecule has 0 bridgehead atoms. The van der Waals surface area contributed by atoms with Crippen molar-refractivity contribution in [1.29, 1.82) is 0 Å². The van der Waals surface area contributed by atoms with Crippen molar-refractivity contribution in [2.24, 2.45) is 0 Å². The quantitative estimate of drug-likeness (QED) is 0.794. The summed E-state index contributed by atoms with van der Waals surface area (Å²) < 4.78 is 12.4. The van der Waals surface area contributed by atoms with Crippen molar-refractivity contribution >= 4 is 15.9 Å². The molecule has 0 radical (unpaired) electrons. The zero-order chi connectivity index (χ0) is 14.4. The fraction of sp³-hybridized carbons (Fsp3) is 0.625. The Bertz CT molecular complexity index is 429. The first-order valence-corrected chi connectivity index (χ1v) is 8.38. The van der Waals surface area contributed by atoms with Crippen molar-refractivity contribution in [1.82, 2.24) is 5.32 Å². The van der Waals surface area contributed by atoms with Gasteiger partial charge in [-0.05, 0) is 37.1 Å². The number of fused-ring (bicyclic) bond motifs is 1. The van der Waals surface area contributed by atoms with Crippen molar-refractivity contribution in [3.05, 3.63) is 22.2 Å². The van der Waals surface area contributed by atoms with Crippen molar-refractivity contribution < 1.29 is 9.47 Å². The van der Waals surface area contributed by atoms with Gasteiger partial charge in [0.2, 0.25) is 0 Å². The molecular weight excluding hydrogens is 318 g/mol. The van der Waals surface area contributed by atoms with E-state index in [9.17, 15) is 0 Å². The molecule has 0 saturated carbocycles. The molecule has 0 aliphatic carbocycles. The van der Waals surface area contributed by atoms with Crippen molar-refractivity contribution in [2.45, 2.75) is 45.6 Å². The molecule has 1 unspecified atom stereocenters. The standard InChI is InChI=1S/C16H24BrNO2/c1-3-5-6-14(18-7-4-2)12-10-15-16(11-13(12)17)20-9-8-19-15/h10-11,14,18H,3-9H2,1-2H3. The van der Waals surface area contributed by atoms with E-state index in [0.717, 1.165) is 35.4 Å². The van der Waals surface area contributed by atoms with Gasteiger partial charge in [-0.25, -0.2) is 0 Å². The highest BCUT2D eigenvalue weighted by molar-refractivity contribution is 9.10. The lowest BCUT2D eigenvalue weighted by Crippen LogP contribution is -2.23. The SMILES string of the molecule is CCCCC(NCCC)c1cc2c(cc1Br)OCCO2. The first-order valence-electron chi connectivity index (χ1n) is 7.58. The summed E-state index contributed by atoms with van der Waals surface area (Å²) >= 11 is 3.68. The van der Waals surface area contributed by atoms with Gasteiger partial charge in [0.05, 0.1) is 0 Å². The molecule has 1 heterocycles. The van der Waals surface area contributed by atoms with Gasteiger partial charge in [-0.15, -0.1) is 0 Å². The van der Waals surface area contributed by atoms with Gasteiger partial charge in [0.25, 0.3) is 0 Å². The van der Waals surface area contributed by atoms with Gasteiger partial charge in [-0.1, -0.05) is 42.6 Å². The van der Waals surface area contributed by atoms with E-state index in [1.165, 1.54) is 18.4 Å². The molecule has 2 rings (SSSR count). The second kappa shape index (κ2) is 7.89. The molecule has 1 aromatic rings. The van der Waals surface area contributed by atoms with Crippen LogP contribution in [-0.4, -0.2) is 19.8 Å². The molecular formula is C16H24BrNO2. The van der Waals surface area contributed by atoms with Crippen LogP contribution in [0.25, 0.3) is 0 Å². The zero-order valence-corrected chi connectivity index (χ0v) is 14.0. The lowest BCUT2D eigenvalue weighted by Gasteiger charge is -2.24. The molecule has 1 N–H and O–H groups in total. The Morgan fingerprint density at radius 2 is 1.85 bits per heavy atom. The first-order chi connectivity index (χ1) is 9.76. The minimum atomic E-state index is 0.375. The molecule has 1 aliphatic rings. The Morgan fingerprint density at radius 3 is 2.50 bits per heavy atom. The Kier molecular flexibility index (Phi) is 6.17. The fourth-order valence-electron chi connectivity index (χ4n) is 2.44. The Hall–Kier alpha value is -0.740. The highest BCUT2D eigenvalue weighted by atomic mass is 79.9. The molecule has 0 saturated heterocycles. The van der Waals surface area contributed by atoms with E-state index in [1.807, 2.05) is 6.07 Å². The largest absolute Gasteiger partial charge is 0.486 e. The van der Waals surface area contributed by atoms with Gasteiger partial charge >= 0.3 is 0 Å². The van der Waals surface area contributed by atoms with Crippen LogP contribution >= 0.6 is 15.9 Å². The molecule has 0 amide bonds. The minimum Gasteiger partial charge on any atom is -0.486 e. The fourth-order valence-corrected chi connectivity index (χ4v) is 3.04. The number of ether oxygens (including phenoxy) is 2. The van der Waals surface area contributed by atoms with Crippen LogP contribution < -0.4 is 14.8 Å². The summed E-state index contributed by atoms with van der Waals surface area (Å²) in [6.45, 7) is 6.73. The van der Waals surface area contributed by atoms with E-state index < -0.39 is 0 Å². The lowest BCUT2D eigenvalue weighted by atomic mass is 10.00. The van der Waals surface area contributed by atoms with Crippen LogP contribution in [0.4, 0.5) is 0 Å². The number of halogens is 1. The summed E-state index contributed by atoms with van der Waals surface area (Å²) in [5, 5.41) is 3.64. The zero-order valence-electron chi connectivity index (χ0n) is 12.4. The maximum atomic E-state index is 5.70. The smallest absolute Gasteiger partial charge is 0.162 e. The number of unbranched alkanes of at least 4 members (excludes halogenated alkanes) is 1. The van der Waals surface area contributed by atoms with E-state index in [1.54, 1.807) is 0 Å². The Labute approximate surface area is 130 Å². The van der Waals surface area contributed by atoms with Crippen molar-refractivity contribution in [3.8, 4) is 11.5 Å². The summed E-state index contributed by atoms with van der Waals surface area (Å²) in [4.78, 5) is 0. The molecule has 1 aromatic carbocycles. The second-order valence-electron chi connectivity index (χ2n) is 5.17. The summed E-state index contributed by atoms with van der Waals surface area (Å²) in [5.74, 6) is 1.71. The molecule has 4 heteroatoms. The van der Waals surface area contributed by atoms with Gasteiger partial charge in [-0.2, -0.15) is 0 Å². The number of nitrogens with one attached hydrogen (secondary N) is 1. The van der Waals surface area contributed by atoms with Crippen molar-refractivity contribution in [3.63, 3.8) is 0 Å². The topological polar surface area (TPSA) is 30.5 Å². The lowest BCUT2D eigenvalue weighted by molar-refractivity contribution is 0.171. The number of hydrogen-bond donors (Lipinski definition) is 1. The predicted molar refractivity (Wildman–Crippen MR) is 85.7 cm³/mol. The summed E-state index contributed by atoms with van der Waals surface area (Å²) in [5.41, 5.74) is 1.27. The molecule has 3 nitrogen and oxygen atoms in total. The molecule has 0 spiro atoms.